The molecule has 7 nitrogen and oxygen atoms in total. The minimum absolute atomic E-state index is 0.0430. The highest BCUT2D eigenvalue weighted by atomic mass is 16.5. The summed E-state index contributed by atoms with van der Waals surface area (Å²) in [7, 11) is 0. The quantitative estimate of drug-likeness (QED) is 0.670. The summed E-state index contributed by atoms with van der Waals surface area (Å²) in [4.78, 5) is 26.6. The van der Waals surface area contributed by atoms with Crippen molar-refractivity contribution in [1.29, 1.82) is 0 Å². The summed E-state index contributed by atoms with van der Waals surface area (Å²) in [5.74, 6) is -0.156. The number of amides is 2. The van der Waals surface area contributed by atoms with E-state index in [1.807, 2.05) is 62.4 Å². The standard InChI is InChI=1S/C22H28N4O3/c1-16-4-3-5-20(14-16)25-22(28)17(2)23-18-6-8-19(9-7-18)24-21(27)15-26-10-12-29-13-11-26/h3-9,14,17,23H,10-13,15H2,1-2H3,(H,24,27)(H,25,28). The zero-order valence-corrected chi connectivity index (χ0v) is 16.9. The Morgan fingerprint density at radius 3 is 2.38 bits per heavy atom. The minimum Gasteiger partial charge on any atom is -0.379 e. The van der Waals surface area contributed by atoms with Crippen molar-refractivity contribution in [2.45, 2.75) is 19.9 Å². The first-order chi connectivity index (χ1) is 14.0. The maximum Gasteiger partial charge on any atom is 0.246 e. The van der Waals surface area contributed by atoms with Gasteiger partial charge in [-0.1, -0.05) is 12.1 Å². The van der Waals surface area contributed by atoms with Gasteiger partial charge in [-0.15, -0.1) is 0 Å². The van der Waals surface area contributed by atoms with Crippen LogP contribution in [0.2, 0.25) is 0 Å². The highest BCUT2D eigenvalue weighted by Gasteiger charge is 2.15. The molecule has 7 heteroatoms. The minimum atomic E-state index is -0.405. The zero-order chi connectivity index (χ0) is 20.6. The van der Waals surface area contributed by atoms with Crippen LogP contribution in [0.3, 0.4) is 0 Å². The van der Waals surface area contributed by atoms with Gasteiger partial charge in [0.25, 0.3) is 0 Å². The van der Waals surface area contributed by atoms with Gasteiger partial charge in [0.1, 0.15) is 6.04 Å². The van der Waals surface area contributed by atoms with Gasteiger partial charge >= 0.3 is 0 Å². The van der Waals surface area contributed by atoms with Crippen LogP contribution in [0.15, 0.2) is 48.5 Å². The lowest BCUT2D eigenvalue weighted by atomic mass is 10.2. The van der Waals surface area contributed by atoms with Crippen LogP contribution in [0, 0.1) is 6.92 Å². The van der Waals surface area contributed by atoms with Gasteiger partial charge in [0.15, 0.2) is 0 Å². The lowest BCUT2D eigenvalue weighted by Crippen LogP contribution is -2.41. The first-order valence-electron chi connectivity index (χ1n) is 9.84. The van der Waals surface area contributed by atoms with Gasteiger partial charge in [-0.25, -0.2) is 0 Å². The summed E-state index contributed by atoms with van der Waals surface area (Å²) in [5.41, 5.74) is 3.41. The highest BCUT2D eigenvalue weighted by Crippen LogP contribution is 2.16. The largest absolute Gasteiger partial charge is 0.379 e. The van der Waals surface area contributed by atoms with Gasteiger partial charge in [0, 0.05) is 30.2 Å². The molecule has 2 amide bonds. The molecule has 0 spiro atoms. The number of morpholine rings is 1. The van der Waals surface area contributed by atoms with Gasteiger partial charge in [0.2, 0.25) is 11.8 Å². The normalized spacial score (nSPS) is 15.4. The molecular weight excluding hydrogens is 368 g/mol. The van der Waals surface area contributed by atoms with Crippen LogP contribution in [-0.4, -0.2) is 55.6 Å². The molecule has 0 aliphatic carbocycles. The summed E-state index contributed by atoms with van der Waals surface area (Å²) < 4.78 is 5.29. The number of carbonyl (C=O) groups excluding carboxylic acids is 2. The molecule has 1 aliphatic rings. The number of aryl methyl sites for hydroxylation is 1. The SMILES string of the molecule is Cc1cccc(NC(=O)C(C)Nc2ccc(NC(=O)CN3CCOCC3)cc2)c1. The number of hydrogen-bond donors (Lipinski definition) is 3. The number of anilines is 3. The second kappa shape index (κ2) is 10.0. The summed E-state index contributed by atoms with van der Waals surface area (Å²) in [5, 5.41) is 8.98. The number of nitrogens with zero attached hydrogens (tertiary/aromatic N) is 1. The third kappa shape index (κ3) is 6.58. The Hall–Kier alpha value is -2.90. The summed E-state index contributed by atoms with van der Waals surface area (Å²) in [6, 6.07) is 14.6. The number of nitrogens with one attached hydrogen (secondary N) is 3. The maximum atomic E-state index is 12.4. The smallest absolute Gasteiger partial charge is 0.246 e. The van der Waals surface area contributed by atoms with Crippen LogP contribution >= 0.6 is 0 Å². The van der Waals surface area contributed by atoms with E-state index in [0.717, 1.165) is 35.7 Å². The molecule has 1 heterocycles. The van der Waals surface area contributed by atoms with E-state index >= 15 is 0 Å². The van der Waals surface area contributed by atoms with Crippen LogP contribution < -0.4 is 16.0 Å². The van der Waals surface area contributed by atoms with E-state index < -0.39 is 6.04 Å². The Labute approximate surface area is 171 Å². The topological polar surface area (TPSA) is 82.7 Å². The van der Waals surface area contributed by atoms with E-state index in [2.05, 4.69) is 20.9 Å². The Morgan fingerprint density at radius 2 is 1.69 bits per heavy atom. The summed E-state index contributed by atoms with van der Waals surface area (Å²) in [6.07, 6.45) is 0. The Morgan fingerprint density at radius 1 is 1.00 bits per heavy atom. The van der Waals surface area contributed by atoms with Crippen molar-refractivity contribution in [3.8, 4) is 0 Å². The number of carbonyl (C=O) groups is 2. The Kier molecular flexibility index (Phi) is 7.21. The molecule has 3 rings (SSSR count). The van der Waals surface area contributed by atoms with Crippen LogP contribution in [0.25, 0.3) is 0 Å². The summed E-state index contributed by atoms with van der Waals surface area (Å²) >= 11 is 0. The molecule has 0 aromatic heterocycles. The van der Waals surface area contributed by atoms with Crippen molar-refractivity contribution in [1.82, 2.24) is 4.90 Å². The molecule has 0 saturated carbocycles. The van der Waals surface area contributed by atoms with Crippen LogP contribution in [0.5, 0.6) is 0 Å². The van der Waals surface area contributed by atoms with Gasteiger partial charge in [-0.05, 0) is 55.8 Å². The molecule has 1 fully saturated rings. The lowest BCUT2D eigenvalue weighted by Gasteiger charge is -2.25. The monoisotopic (exact) mass is 396 g/mol. The summed E-state index contributed by atoms with van der Waals surface area (Å²) in [6.45, 7) is 7.05. The highest BCUT2D eigenvalue weighted by molar-refractivity contribution is 5.96. The lowest BCUT2D eigenvalue weighted by molar-refractivity contribution is -0.118. The molecule has 29 heavy (non-hydrogen) atoms. The maximum absolute atomic E-state index is 12.4. The third-order valence-corrected chi connectivity index (χ3v) is 4.70. The van der Waals surface area contributed by atoms with Gasteiger partial charge in [0.05, 0.1) is 19.8 Å². The molecular formula is C22H28N4O3. The predicted octanol–water partition coefficient (Wildman–Crippen LogP) is 2.70. The molecule has 2 aromatic rings. The van der Waals surface area contributed by atoms with E-state index in [1.165, 1.54) is 0 Å². The van der Waals surface area contributed by atoms with E-state index in [0.29, 0.717) is 19.8 Å². The van der Waals surface area contributed by atoms with Crippen LogP contribution in [0.1, 0.15) is 12.5 Å². The average Bonchev–Trinajstić information content (AvgIpc) is 2.70. The number of benzene rings is 2. The third-order valence-electron chi connectivity index (χ3n) is 4.70. The predicted molar refractivity (Wildman–Crippen MR) is 115 cm³/mol. The molecule has 1 saturated heterocycles. The van der Waals surface area contributed by atoms with Crippen LogP contribution in [0.4, 0.5) is 17.1 Å². The molecule has 0 radical (unpaired) electrons. The van der Waals surface area contributed by atoms with Crippen molar-refractivity contribution in [2.75, 3.05) is 48.8 Å². The molecule has 1 aliphatic heterocycles. The van der Waals surface area contributed by atoms with Gasteiger partial charge < -0.3 is 20.7 Å². The fraction of sp³-hybridized carbons (Fsp3) is 0.364. The molecule has 1 atom stereocenters. The second-order valence-corrected chi connectivity index (χ2v) is 7.24. The zero-order valence-electron chi connectivity index (χ0n) is 16.9. The van der Waals surface area contributed by atoms with Crippen molar-refractivity contribution < 1.29 is 14.3 Å². The van der Waals surface area contributed by atoms with E-state index in [9.17, 15) is 9.59 Å². The molecule has 0 bridgehead atoms. The average molecular weight is 396 g/mol. The van der Waals surface area contributed by atoms with E-state index in [-0.39, 0.29) is 11.8 Å². The van der Waals surface area contributed by atoms with Crippen molar-refractivity contribution in [2.24, 2.45) is 0 Å². The Bertz CT molecular complexity index is 832. The molecule has 1 unspecified atom stereocenters. The first kappa shape index (κ1) is 20.8. The number of hydrogen-bond acceptors (Lipinski definition) is 5. The number of rotatable bonds is 7. The fourth-order valence-corrected chi connectivity index (χ4v) is 3.10. The Balaban J connectivity index is 1.47. The van der Waals surface area contributed by atoms with Gasteiger partial charge in [-0.3, -0.25) is 14.5 Å². The fourth-order valence-electron chi connectivity index (χ4n) is 3.10. The molecule has 3 N–H and O–H groups in total. The van der Waals surface area contributed by atoms with E-state index in [1.54, 1.807) is 0 Å². The second-order valence-electron chi connectivity index (χ2n) is 7.24. The first-order valence-corrected chi connectivity index (χ1v) is 9.84. The van der Waals surface area contributed by atoms with Crippen molar-refractivity contribution >= 4 is 28.9 Å². The van der Waals surface area contributed by atoms with Crippen molar-refractivity contribution in [3.05, 3.63) is 54.1 Å². The van der Waals surface area contributed by atoms with Gasteiger partial charge in [-0.2, -0.15) is 0 Å². The van der Waals surface area contributed by atoms with E-state index in [4.69, 9.17) is 4.74 Å². The molecule has 154 valence electrons. The van der Waals surface area contributed by atoms with Crippen LogP contribution in [-0.2, 0) is 14.3 Å². The molecule has 2 aromatic carbocycles. The van der Waals surface area contributed by atoms with Crippen molar-refractivity contribution in [3.63, 3.8) is 0 Å². The number of ether oxygens (including phenoxy) is 1.